The lowest BCUT2D eigenvalue weighted by molar-refractivity contribution is -0.134. The van der Waals surface area contributed by atoms with Crippen molar-refractivity contribution in [1.29, 1.82) is 0 Å². The monoisotopic (exact) mass is 270 g/mol. The standard InChI is InChI=1S/C14H22O3S/c1-13(2)10-5-7-14(13,3)11(9-10)18(16)8-6-12(15)17-4/h6,8,10-11H,5,7,9H2,1-4H3/b8-6+/t10-,11-,14+,18?/m0/s1. The molecule has 0 saturated heterocycles. The van der Waals surface area contributed by atoms with E-state index in [0.717, 1.165) is 12.8 Å². The van der Waals surface area contributed by atoms with Gasteiger partial charge in [0.25, 0.3) is 0 Å². The molecule has 0 aromatic rings. The highest BCUT2D eigenvalue weighted by atomic mass is 32.2. The molecule has 2 saturated carbocycles. The molecule has 2 aliphatic rings. The smallest absolute Gasteiger partial charge is 0.331 e. The predicted molar refractivity (Wildman–Crippen MR) is 72.3 cm³/mol. The van der Waals surface area contributed by atoms with Gasteiger partial charge >= 0.3 is 5.97 Å². The molecule has 0 aliphatic heterocycles. The topological polar surface area (TPSA) is 43.4 Å². The molecule has 4 heteroatoms. The molecule has 4 atom stereocenters. The summed E-state index contributed by atoms with van der Waals surface area (Å²) in [5.41, 5.74) is 0.384. The SMILES string of the molecule is COC(=O)/C=C/S(=O)[C@H]1C[C@@H]2CC[C@@]1(C)C2(C)C. The van der Waals surface area contributed by atoms with Crippen LogP contribution in [0.5, 0.6) is 0 Å². The third kappa shape index (κ3) is 1.85. The average Bonchev–Trinajstić information content (AvgIpc) is 2.67. The van der Waals surface area contributed by atoms with Crippen LogP contribution in [0, 0.1) is 16.7 Å². The van der Waals surface area contributed by atoms with Crippen LogP contribution in [0.4, 0.5) is 0 Å². The van der Waals surface area contributed by atoms with E-state index in [4.69, 9.17) is 0 Å². The molecule has 0 amide bonds. The normalized spacial score (nSPS) is 39.1. The summed E-state index contributed by atoms with van der Waals surface area (Å²) < 4.78 is 16.9. The minimum Gasteiger partial charge on any atom is -0.466 e. The molecule has 0 heterocycles. The largest absolute Gasteiger partial charge is 0.466 e. The summed E-state index contributed by atoms with van der Waals surface area (Å²) in [4.78, 5) is 11.1. The molecule has 2 fully saturated rings. The molecule has 0 spiro atoms. The van der Waals surface area contributed by atoms with E-state index < -0.39 is 16.8 Å². The molecule has 0 radical (unpaired) electrons. The minimum atomic E-state index is -1.08. The van der Waals surface area contributed by atoms with Crippen molar-refractivity contribution in [2.45, 2.75) is 45.3 Å². The number of ether oxygens (including phenoxy) is 1. The minimum absolute atomic E-state index is 0.128. The van der Waals surface area contributed by atoms with E-state index in [1.807, 2.05) is 0 Å². The molecule has 0 aromatic heterocycles. The molecule has 102 valence electrons. The maximum atomic E-state index is 12.4. The third-order valence-corrected chi connectivity index (χ3v) is 7.21. The van der Waals surface area contributed by atoms with Crippen LogP contribution in [0.25, 0.3) is 0 Å². The van der Waals surface area contributed by atoms with E-state index >= 15 is 0 Å². The predicted octanol–water partition coefficient (Wildman–Crippen LogP) is 2.64. The van der Waals surface area contributed by atoms with Gasteiger partial charge in [-0.25, -0.2) is 4.79 Å². The molecule has 3 nitrogen and oxygen atoms in total. The van der Waals surface area contributed by atoms with Crippen molar-refractivity contribution in [3.63, 3.8) is 0 Å². The van der Waals surface area contributed by atoms with Gasteiger partial charge < -0.3 is 4.74 Å². The number of hydrogen-bond donors (Lipinski definition) is 0. The van der Waals surface area contributed by atoms with Crippen molar-refractivity contribution < 1.29 is 13.7 Å². The number of hydrogen-bond acceptors (Lipinski definition) is 3. The lowest BCUT2D eigenvalue weighted by Crippen LogP contribution is -2.37. The van der Waals surface area contributed by atoms with Gasteiger partial charge in [-0.15, -0.1) is 0 Å². The zero-order valence-corrected chi connectivity index (χ0v) is 12.4. The Balaban J connectivity index is 2.15. The van der Waals surface area contributed by atoms with Crippen molar-refractivity contribution in [2.75, 3.05) is 7.11 Å². The van der Waals surface area contributed by atoms with Crippen LogP contribution >= 0.6 is 0 Å². The molecule has 2 aliphatic carbocycles. The van der Waals surface area contributed by atoms with Crippen molar-refractivity contribution in [1.82, 2.24) is 0 Å². The number of rotatable bonds is 3. The number of methoxy groups -OCH3 is 1. The Kier molecular flexibility index (Phi) is 3.43. The highest BCUT2D eigenvalue weighted by Gasteiger charge is 2.62. The average molecular weight is 270 g/mol. The van der Waals surface area contributed by atoms with Crippen LogP contribution in [0.1, 0.15) is 40.0 Å². The van der Waals surface area contributed by atoms with Crippen LogP contribution in [0.3, 0.4) is 0 Å². The Morgan fingerprint density at radius 2 is 2.06 bits per heavy atom. The molecule has 1 unspecified atom stereocenters. The van der Waals surface area contributed by atoms with E-state index in [2.05, 4.69) is 25.5 Å². The molecule has 0 aromatic carbocycles. The van der Waals surface area contributed by atoms with Gasteiger partial charge in [-0.05, 0) is 36.0 Å². The van der Waals surface area contributed by atoms with Gasteiger partial charge in [0.15, 0.2) is 0 Å². The first-order valence-corrected chi connectivity index (χ1v) is 7.76. The summed E-state index contributed by atoms with van der Waals surface area (Å²) in [6, 6.07) is 0. The summed E-state index contributed by atoms with van der Waals surface area (Å²) >= 11 is 0. The Morgan fingerprint density at radius 1 is 1.39 bits per heavy atom. The second kappa shape index (κ2) is 4.48. The van der Waals surface area contributed by atoms with Gasteiger partial charge in [-0.1, -0.05) is 20.8 Å². The fourth-order valence-electron chi connectivity index (χ4n) is 3.77. The van der Waals surface area contributed by atoms with E-state index in [9.17, 15) is 9.00 Å². The van der Waals surface area contributed by atoms with Crippen LogP contribution < -0.4 is 0 Å². The maximum Gasteiger partial charge on any atom is 0.331 e. The van der Waals surface area contributed by atoms with Crippen molar-refractivity contribution in [2.24, 2.45) is 16.7 Å². The Bertz CT molecular complexity index is 413. The summed E-state index contributed by atoms with van der Waals surface area (Å²) in [5, 5.41) is 1.69. The van der Waals surface area contributed by atoms with Gasteiger partial charge in [0.2, 0.25) is 0 Å². The molecule has 2 bridgehead atoms. The summed E-state index contributed by atoms with van der Waals surface area (Å²) in [7, 11) is 0.246. The first-order chi connectivity index (χ1) is 8.33. The summed E-state index contributed by atoms with van der Waals surface area (Å²) in [6.45, 7) is 6.85. The molecule has 2 rings (SSSR count). The van der Waals surface area contributed by atoms with Crippen LogP contribution in [-0.2, 0) is 20.3 Å². The fourth-order valence-corrected chi connectivity index (χ4v) is 5.56. The highest BCUT2D eigenvalue weighted by molar-refractivity contribution is 7.88. The van der Waals surface area contributed by atoms with Gasteiger partial charge in [0.1, 0.15) is 0 Å². The van der Waals surface area contributed by atoms with Crippen molar-refractivity contribution in [3.05, 3.63) is 11.5 Å². The van der Waals surface area contributed by atoms with E-state index in [1.165, 1.54) is 25.0 Å². The molecule has 18 heavy (non-hydrogen) atoms. The Morgan fingerprint density at radius 3 is 2.50 bits per heavy atom. The summed E-state index contributed by atoms with van der Waals surface area (Å²) in [5.74, 6) is 0.235. The fraction of sp³-hybridized carbons (Fsp3) is 0.786. The second-order valence-electron chi connectivity index (χ2n) is 6.25. The Hall–Kier alpha value is -0.640. The van der Waals surface area contributed by atoms with Crippen molar-refractivity contribution >= 4 is 16.8 Å². The van der Waals surface area contributed by atoms with E-state index in [0.29, 0.717) is 5.92 Å². The number of fused-ring (bicyclic) bond motifs is 2. The third-order valence-electron chi connectivity index (χ3n) is 5.53. The second-order valence-corrected chi connectivity index (χ2v) is 7.75. The van der Waals surface area contributed by atoms with Gasteiger partial charge in [0, 0.05) is 27.5 Å². The molecule has 0 N–H and O–H groups in total. The molecular formula is C14H22O3S. The molecular weight excluding hydrogens is 248 g/mol. The number of carbonyl (C=O) groups is 1. The summed E-state index contributed by atoms with van der Waals surface area (Å²) in [6.07, 6.45) is 4.70. The number of carbonyl (C=O) groups excluding carboxylic acids is 1. The van der Waals surface area contributed by atoms with E-state index in [-0.39, 0.29) is 16.1 Å². The number of esters is 1. The lowest BCUT2D eigenvalue weighted by atomic mass is 9.71. The van der Waals surface area contributed by atoms with Crippen LogP contribution in [-0.4, -0.2) is 22.5 Å². The highest BCUT2D eigenvalue weighted by Crippen LogP contribution is 2.66. The zero-order valence-electron chi connectivity index (χ0n) is 11.6. The van der Waals surface area contributed by atoms with Crippen LogP contribution in [0.2, 0.25) is 0 Å². The maximum absolute atomic E-state index is 12.4. The van der Waals surface area contributed by atoms with Crippen molar-refractivity contribution in [3.8, 4) is 0 Å². The van der Waals surface area contributed by atoms with Crippen LogP contribution in [0.15, 0.2) is 11.5 Å². The lowest BCUT2D eigenvalue weighted by Gasteiger charge is -2.38. The zero-order chi connectivity index (χ0) is 13.6. The van der Waals surface area contributed by atoms with Gasteiger partial charge in [0.05, 0.1) is 7.11 Å². The quantitative estimate of drug-likeness (QED) is 0.585. The van der Waals surface area contributed by atoms with Gasteiger partial charge in [-0.2, -0.15) is 0 Å². The Labute approximate surface area is 111 Å². The van der Waals surface area contributed by atoms with E-state index in [1.54, 1.807) is 0 Å². The first kappa shape index (κ1) is 13.8. The van der Waals surface area contributed by atoms with Gasteiger partial charge in [-0.3, -0.25) is 4.21 Å². The first-order valence-electron chi connectivity index (χ1n) is 6.48.